The van der Waals surface area contributed by atoms with Gasteiger partial charge in [0.05, 0.1) is 7.11 Å². The molecule has 1 fully saturated rings. The fourth-order valence-corrected chi connectivity index (χ4v) is 3.55. The number of H-pyrrole nitrogens is 1. The monoisotopic (exact) mass is 369 g/mol. The van der Waals surface area contributed by atoms with E-state index in [4.69, 9.17) is 16.3 Å². The van der Waals surface area contributed by atoms with E-state index < -0.39 is 0 Å². The second kappa shape index (κ2) is 6.92. The summed E-state index contributed by atoms with van der Waals surface area (Å²) >= 11 is 6.08. The van der Waals surface area contributed by atoms with Crippen LogP contribution in [0.1, 0.15) is 10.5 Å². The summed E-state index contributed by atoms with van der Waals surface area (Å²) in [6, 6.07) is 15.5. The average Bonchev–Trinajstić information content (AvgIpc) is 3.10. The van der Waals surface area contributed by atoms with Gasteiger partial charge in [-0.1, -0.05) is 17.7 Å². The maximum atomic E-state index is 12.8. The van der Waals surface area contributed by atoms with Crippen molar-refractivity contribution in [1.29, 1.82) is 0 Å². The molecular formula is C20H20ClN3O2. The van der Waals surface area contributed by atoms with Crippen molar-refractivity contribution in [2.45, 2.75) is 0 Å². The maximum absolute atomic E-state index is 12.8. The van der Waals surface area contributed by atoms with Gasteiger partial charge in [-0.25, -0.2) is 0 Å². The van der Waals surface area contributed by atoms with Gasteiger partial charge in [0, 0.05) is 47.8 Å². The van der Waals surface area contributed by atoms with Crippen LogP contribution in [0.5, 0.6) is 5.75 Å². The Kier molecular flexibility index (Phi) is 4.47. The minimum absolute atomic E-state index is 0.0333. The van der Waals surface area contributed by atoms with Gasteiger partial charge in [-0.15, -0.1) is 0 Å². The lowest BCUT2D eigenvalue weighted by molar-refractivity contribution is 0.0742. The quantitative estimate of drug-likeness (QED) is 0.764. The normalized spacial score (nSPS) is 14.7. The van der Waals surface area contributed by atoms with Gasteiger partial charge in [0.2, 0.25) is 0 Å². The molecule has 1 aliphatic rings. The Morgan fingerprint density at radius 1 is 1.08 bits per heavy atom. The van der Waals surface area contributed by atoms with Crippen LogP contribution in [-0.4, -0.2) is 49.1 Å². The van der Waals surface area contributed by atoms with Crippen LogP contribution in [0.4, 0.5) is 5.69 Å². The van der Waals surface area contributed by atoms with Crippen LogP contribution in [-0.2, 0) is 0 Å². The summed E-state index contributed by atoms with van der Waals surface area (Å²) in [5, 5.41) is 1.71. The highest BCUT2D eigenvalue weighted by Gasteiger charge is 2.23. The Morgan fingerprint density at radius 2 is 1.88 bits per heavy atom. The van der Waals surface area contributed by atoms with Crippen molar-refractivity contribution in [3.8, 4) is 5.75 Å². The van der Waals surface area contributed by atoms with Crippen molar-refractivity contribution >= 4 is 34.1 Å². The highest BCUT2D eigenvalue weighted by Crippen LogP contribution is 2.24. The number of halogens is 1. The molecule has 1 saturated heterocycles. The van der Waals surface area contributed by atoms with E-state index in [1.807, 2.05) is 47.4 Å². The number of aromatic amines is 1. The van der Waals surface area contributed by atoms with Crippen molar-refractivity contribution in [3.63, 3.8) is 0 Å². The molecule has 26 heavy (non-hydrogen) atoms. The molecule has 1 N–H and O–H groups in total. The molecule has 1 aromatic heterocycles. The highest BCUT2D eigenvalue weighted by molar-refractivity contribution is 6.30. The second-order valence-corrected chi connectivity index (χ2v) is 6.83. The number of carbonyl (C=O) groups is 1. The zero-order chi connectivity index (χ0) is 18.1. The van der Waals surface area contributed by atoms with Crippen LogP contribution in [0, 0.1) is 0 Å². The summed E-state index contributed by atoms with van der Waals surface area (Å²) in [6.45, 7) is 2.95. The third-order valence-electron chi connectivity index (χ3n) is 4.80. The van der Waals surface area contributed by atoms with E-state index in [0.717, 1.165) is 40.5 Å². The molecule has 6 heteroatoms. The molecule has 0 unspecified atom stereocenters. The van der Waals surface area contributed by atoms with E-state index >= 15 is 0 Å². The van der Waals surface area contributed by atoms with E-state index in [0.29, 0.717) is 18.8 Å². The molecule has 3 aromatic rings. The molecule has 0 saturated carbocycles. The number of anilines is 1. The smallest absolute Gasteiger partial charge is 0.270 e. The van der Waals surface area contributed by atoms with Gasteiger partial charge < -0.3 is 19.5 Å². The maximum Gasteiger partial charge on any atom is 0.270 e. The van der Waals surface area contributed by atoms with Crippen LogP contribution >= 0.6 is 11.6 Å². The number of ether oxygens (including phenoxy) is 1. The van der Waals surface area contributed by atoms with Crippen molar-refractivity contribution < 1.29 is 9.53 Å². The van der Waals surface area contributed by atoms with Crippen molar-refractivity contribution in [3.05, 3.63) is 59.2 Å². The first-order valence-electron chi connectivity index (χ1n) is 8.60. The third-order valence-corrected chi connectivity index (χ3v) is 5.03. The van der Waals surface area contributed by atoms with E-state index in [1.54, 1.807) is 7.11 Å². The first-order chi connectivity index (χ1) is 12.6. The molecule has 0 bridgehead atoms. The number of hydrogen-bond donors (Lipinski definition) is 1. The summed E-state index contributed by atoms with van der Waals surface area (Å²) in [5.74, 6) is 0.816. The fraction of sp³-hybridized carbons (Fsp3) is 0.250. The van der Waals surface area contributed by atoms with E-state index in [9.17, 15) is 4.79 Å². The number of fused-ring (bicyclic) bond motifs is 1. The zero-order valence-electron chi connectivity index (χ0n) is 14.5. The van der Waals surface area contributed by atoms with Crippen molar-refractivity contribution in [1.82, 2.24) is 9.88 Å². The first kappa shape index (κ1) is 16.8. The molecule has 1 aliphatic heterocycles. The highest BCUT2D eigenvalue weighted by atomic mass is 35.5. The molecular weight excluding hydrogens is 350 g/mol. The van der Waals surface area contributed by atoms with Crippen molar-refractivity contribution in [2.75, 3.05) is 38.2 Å². The van der Waals surface area contributed by atoms with Gasteiger partial charge in [0.1, 0.15) is 11.4 Å². The lowest BCUT2D eigenvalue weighted by Crippen LogP contribution is -2.48. The first-order valence-corrected chi connectivity index (χ1v) is 8.98. The molecule has 2 aromatic carbocycles. The number of nitrogens with one attached hydrogen (secondary N) is 1. The molecule has 2 heterocycles. The lowest BCUT2D eigenvalue weighted by atomic mass is 10.2. The molecule has 0 atom stereocenters. The number of nitrogens with zero attached hydrogens (tertiary/aromatic N) is 2. The van der Waals surface area contributed by atoms with Gasteiger partial charge >= 0.3 is 0 Å². The minimum Gasteiger partial charge on any atom is -0.497 e. The number of aromatic nitrogens is 1. The van der Waals surface area contributed by atoms with Crippen LogP contribution in [0.2, 0.25) is 5.02 Å². The van der Waals surface area contributed by atoms with Crippen LogP contribution in [0.3, 0.4) is 0 Å². The van der Waals surface area contributed by atoms with Crippen LogP contribution in [0.15, 0.2) is 48.5 Å². The number of amides is 1. The van der Waals surface area contributed by atoms with Gasteiger partial charge in [-0.2, -0.15) is 0 Å². The Labute approximate surface area is 157 Å². The minimum atomic E-state index is 0.0333. The molecule has 134 valence electrons. The number of carbonyl (C=O) groups excluding carboxylic acids is 1. The Balaban J connectivity index is 1.46. The predicted molar refractivity (Wildman–Crippen MR) is 104 cm³/mol. The number of piperazine rings is 1. The van der Waals surface area contributed by atoms with Crippen LogP contribution in [0.25, 0.3) is 10.9 Å². The van der Waals surface area contributed by atoms with Crippen molar-refractivity contribution in [2.24, 2.45) is 0 Å². The summed E-state index contributed by atoms with van der Waals surface area (Å²) in [5.41, 5.74) is 2.65. The van der Waals surface area contributed by atoms with E-state index in [-0.39, 0.29) is 5.91 Å². The Bertz CT molecular complexity index is 945. The van der Waals surface area contributed by atoms with Gasteiger partial charge in [0.25, 0.3) is 5.91 Å². The summed E-state index contributed by atoms with van der Waals surface area (Å²) in [7, 11) is 1.64. The SMILES string of the molecule is COc1ccc2[nH]c(C(=O)N3CCN(c4cccc(Cl)c4)CC3)cc2c1. The summed E-state index contributed by atoms with van der Waals surface area (Å²) in [6.07, 6.45) is 0. The molecule has 0 spiro atoms. The molecule has 0 radical (unpaired) electrons. The second-order valence-electron chi connectivity index (χ2n) is 6.40. The largest absolute Gasteiger partial charge is 0.497 e. The predicted octanol–water partition coefficient (Wildman–Crippen LogP) is 3.79. The average molecular weight is 370 g/mol. The van der Waals surface area contributed by atoms with Gasteiger partial charge in [-0.3, -0.25) is 4.79 Å². The third kappa shape index (κ3) is 3.22. The Morgan fingerprint density at radius 3 is 2.62 bits per heavy atom. The fourth-order valence-electron chi connectivity index (χ4n) is 3.36. The van der Waals surface area contributed by atoms with Gasteiger partial charge in [-0.05, 0) is 42.5 Å². The zero-order valence-corrected chi connectivity index (χ0v) is 15.3. The van der Waals surface area contributed by atoms with Gasteiger partial charge in [0.15, 0.2) is 0 Å². The van der Waals surface area contributed by atoms with Crippen LogP contribution < -0.4 is 9.64 Å². The number of benzene rings is 2. The summed E-state index contributed by atoms with van der Waals surface area (Å²) < 4.78 is 5.25. The molecule has 1 amide bonds. The molecule has 5 nitrogen and oxygen atoms in total. The number of methoxy groups -OCH3 is 1. The molecule has 4 rings (SSSR count). The molecule has 0 aliphatic carbocycles. The van der Waals surface area contributed by atoms with E-state index in [2.05, 4.69) is 16.0 Å². The number of hydrogen-bond acceptors (Lipinski definition) is 3. The van der Waals surface area contributed by atoms with E-state index in [1.165, 1.54) is 0 Å². The topological polar surface area (TPSA) is 48.6 Å². The standard InChI is InChI=1S/C20H20ClN3O2/c1-26-17-5-6-18-14(11-17)12-19(22-18)20(25)24-9-7-23(8-10-24)16-4-2-3-15(21)13-16/h2-6,11-13,22H,7-10H2,1H3. The number of rotatable bonds is 3. The Hall–Kier alpha value is -2.66. The summed E-state index contributed by atoms with van der Waals surface area (Å²) in [4.78, 5) is 20.2. The lowest BCUT2D eigenvalue weighted by Gasteiger charge is -2.36.